The number of carbonyl (C=O) groups excluding carboxylic acids is 1. The molecule has 230 valence electrons. The van der Waals surface area contributed by atoms with Crippen molar-refractivity contribution in [3.8, 4) is 0 Å². The first kappa shape index (κ1) is 31.0. The predicted molar refractivity (Wildman–Crippen MR) is 148 cm³/mol. The fourth-order valence-corrected chi connectivity index (χ4v) is 5.41. The molecule has 0 saturated carbocycles. The first-order valence-corrected chi connectivity index (χ1v) is 13.7. The fourth-order valence-electron chi connectivity index (χ4n) is 5.41. The molecule has 0 radical (unpaired) electrons. The maximum atomic E-state index is 13.6. The van der Waals surface area contributed by atoms with Crippen LogP contribution in [-0.4, -0.2) is 45.6 Å². The van der Waals surface area contributed by atoms with Crippen molar-refractivity contribution >= 4 is 22.8 Å². The second-order valence-corrected chi connectivity index (χ2v) is 10.6. The Morgan fingerprint density at radius 3 is 2.18 bits per heavy atom. The lowest BCUT2D eigenvalue weighted by atomic mass is 9.92. The minimum Gasteiger partial charge on any atom is -0.478 e. The first-order chi connectivity index (χ1) is 20.8. The predicted octanol–water partition coefficient (Wildman–Crippen LogP) is 7.40. The van der Waals surface area contributed by atoms with Crippen LogP contribution in [0, 0.1) is 0 Å². The molecule has 1 N–H and O–H groups in total. The van der Waals surface area contributed by atoms with E-state index < -0.39 is 47.0 Å². The molecular formula is C32H26F6N2O4. The van der Waals surface area contributed by atoms with Gasteiger partial charge in [0.1, 0.15) is 0 Å². The number of nitrogens with zero attached hydrogens (tertiary/aromatic N) is 2. The maximum Gasteiger partial charge on any atom is 0.416 e. The second kappa shape index (κ2) is 12.3. The molecule has 0 spiro atoms. The highest BCUT2D eigenvalue weighted by Gasteiger charge is 2.39. The van der Waals surface area contributed by atoms with Crippen LogP contribution in [0.25, 0.3) is 10.9 Å². The van der Waals surface area contributed by atoms with E-state index in [0.717, 1.165) is 16.5 Å². The number of hydrogen-bond donors (Lipinski definition) is 1. The van der Waals surface area contributed by atoms with Gasteiger partial charge in [-0.25, -0.2) is 4.79 Å². The number of alkyl halides is 6. The Bertz CT molecular complexity index is 1630. The van der Waals surface area contributed by atoms with E-state index in [1.807, 2.05) is 30.3 Å². The number of carbonyl (C=O) groups is 2. The van der Waals surface area contributed by atoms with E-state index in [4.69, 9.17) is 4.74 Å². The van der Waals surface area contributed by atoms with Gasteiger partial charge in [0.2, 0.25) is 0 Å². The van der Waals surface area contributed by atoms with Gasteiger partial charge in [0, 0.05) is 29.7 Å². The minimum atomic E-state index is -5.10. The zero-order valence-electron chi connectivity index (χ0n) is 23.0. The Morgan fingerprint density at radius 2 is 1.55 bits per heavy atom. The number of ether oxygens (including phenoxy) is 1. The molecule has 1 saturated heterocycles. The van der Waals surface area contributed by atoms with Crippen molar-refractivity contribution in [3.05, 3.63) is 112 Å². The first-order valence-electron chi connectivity index (χ1n) is 13.7. The molecular weight excluding hydrogens is 590 g/mol. The van der Waals surface area contributed by atoms with Crippen molar-refractivity contribution < 1.29 is 45.8 Å². The molecule has 3 aromatic carbocycles. The standard InChI is InChI=1S/C32H26F6N2O4/c33-31(34,35)23-14-22(15-24(16-23)32(36,37)38)29(41)40-12-10-26(17-25(40)13-19-5-7-20(8-6-19)30(42)43)44-18-21-9-11-39-28-4-2-1-3-27(21)28/h1-9,11,14-16,25-26H,10,12-13,17-18H2,(H,42,43)/t25-,26+/m1/s1. The van der Waals surface area contributed by atoms with E-state index >= 15 is 0 Å². The molecule has 2 heterocycles. The van der Waals surface area contributed by atoms with Crippen LogP contribution in [-0.2, 0) is 30.1 Å². The van der Waals surface area contributed by atoms with Crippen molar-refractivity contribution in [1.82, 2.24) is 9.88 Å². The van der Waals surface area contributed by atoms with Crippen molar-refractivity contribution in [2.45, 2.75) is 50.4 Å². The van der Waals surface area contributed by atoms with Crippen molar-refractivity contribution in [2.24, 2.45) is 0 Å². The number of para-hydroxylation sites is 1. The van der Waals surface area contributed by atoms with Crippen molar-refractivity contribution in [3.63, 3.8) is 0 Å². The summed E-state index contributed by atoms with van der Waals surface area (Å²) < 4.78 is 87.3. The number of benzene rings is 3. The van der Waals surface area contributed by atoms with E-state index in [0.29, 0.717) is 24.1 Å². The maximum absolute atomic E-state index is 13.6. The molecule has 2 atom stereocenters. The Balaban J connectivity index is 1.42. The van der Waals surface area contributed by atoms with E-state index in [9.17, 15) is 41.0 Å². The number of aromatic nitrogens is 1. The summed E-state index contributed by atoms with van der Waals surface area (Å²) in [7, 11) is 0. The zero-order valence-corrected chi connectivity index (χ0v) is 23.0. The van der Waals surface area contributed by atoms with Crippen LogP contribution in [0.2, 0.25) is 0 Å². The van der Waals surface area contributed by atoms with Crippen LogP contribution in [0.15, 0.2) is 79.0 Å². The van der Waals surface area contributed by atoms with Crippen molar-refractivity contribution in [2.75, 3.05) is 6.54 Å². The summed E-state index contributed by atoms with van der Waals surface area (Å²) in [5.74, 6) is -2.10. The van der Waals surface area contributed by atoms with Gasteiger partial charge >= 0.3 is 18.3 Å². The summed E-state index contributed by atoms with van der Waals surface area (Å²) in [6.45, 7) is 0.250. The number of amides is 1. The summed E-state index contributed by atoms with van der Waals surface area (Å²) in [4.78, 5) is 30.5. The van der Waals surface area contributed by atoms with E-state index in [2.05, 4.69) is 4.98 Å². The number of rotatable bonds is 7. The lowest BCUT2D eigenvalue weighted by molar-refractivity contribution is -0.143. The number of carboxylic acid groups (broad SMARTS) is 1. The Morgan fingerprint density at radius 1 is 0.886 bits per heavy atom. The molecule has 0 unspecified atom stereocenters. The molecule has 0 bridgehead atoms. The highest BCUT2D eigenvalue weighted by Crippen LogP contribution is 2.37. The summed E-state index contributed by atoms with van der Waals surface area (Å²) in [5, 5.41) is 10.1. The number of halogens is 6. The van der Waals surface area contributed by atoms with Crippen LogP contribution < -0.4 is 0 Å². The number of hydrogen-bond acceptors (Lipinski definition) is 4. The number of aromatic carboxylic acids is 1. The van der Waals surface area contributed by atoms with Gasteiger partial charge in [0.05, 0.1) is 34.9 Å². The molecule has 1 aliphatic heterocycles. The van der Waals surface area contributed by atoms with E-state index in [1.54, 1.807) is 18.3 Å². The van der Waals surface area contributed by atoms with Gasteiger partial charge in [-0.2, -0.15) is 26.3 Å². The van der Waals surface area contributed by atoms with E-state index in [1.165, 1.54) is 17.0 Å². The summed E-state index contributed by atoms with van der Waals surface area (Å²) in [6.07, 6.45) is -8.18. The molecule has 12 heteroatoms. The topological polar surface area (TPSA) is 79.7 Å². The molecule has 1 aromatic heterocycles. The third-order valence-corrected chi connectivity index (χ3v) is 7.65. The van der Waals surface area contributed by atoms with Gasteiger partial charge in [-0.3, -0.25) is 9.78 Å². The third-order valence-electron chi connectivity index (χ3n) is 7.65. The summed E-state index contributed by atoms with van der Waals surface area (Å²) in [6, 6.07) is 15.4. The van der Waals surface area contributed by atoms with Gasteiger partial charge < -0.3 is 14.7 Å². The molecule has 5 rings (SSSR count). The van der Waals surface area contributed by atoms with Gasteiger partial charge in [0.15, 0.2) is 0 Å². The highest BCUT2D eigenvalue weighted by molar-refractivity contribution is 5.95. The molecule has 1 amide bonds. The van der Waals surface area contributed by atoms with Gasteiger partial charge in [0.25, 0.3) is 5.91 Å². The largest absolute Gasteiger partial charge is 0.478 e. The molecule has 6 nitrogen and oxygen atoms in total. The molecule has 1 fully saturated rings. The van der Waals surface area contributed by atoms with Crippen LogP contribution >= 0.6 is 0 Å². The zero-order chi connectivity index (χ0) is 31.6. The number of likely N-dealkylation sites (tertiary alicyclic amines) is 1. The smallest absolute Gasteiger partial charge is 0.416 e. The lowest BCUT2D eigenvalue weighted by Gasteiger charge is -2.40. The lowest BCUT2D eigenvalue weighted by Crippen LogP contribution is -2.49. The fraction of sp³-hybridized carbons (Fsp3) is 0.281. The van der Waals surface area contributed by atoms with Crippen LogP contribution in [0.5, 0.6) is 0 Å². The molecule has 44 heavy (non-hydrogen) atoms. The highest BCUT2D eigenvalue weighted by atomic mass is 19.4. The Kier molecular flexibility index (Phi) is 8.64. The summed E-state index contributed by atoms with van der Waals surface area (Å²) >= 11 is 0. The monoisotopic (exact) mass is 616 g/mol. The minimum absolute atomic E-state index is 0.0128. The Labute approximate surface area is 247 Å². The van der Waals surface area contributed by atoms with Gasteiger partial charge in [-0.05, 0) is 72.9 Å². The van der Waals surface area contributed by atoms with Crippen LogP contribution in [0.4, 0.5) is 26.3 Å². The number of pyridine rings is 1. The normalized spacial score (nSPS) is 17.5. The molecule has 0 aliphatic carbocycles. The molecule has 1 aliphatic rings. The second-order valence-electron chi connectivity index (χ2n) is 10.6. The summed E-state index contributed by atoms with van der Waals surface area (Å²) in [5.41, 5.74) is -1.51. The third kappa shape index (κ3) is 7.02. The van der Waals surface area contributed by atoms with Crippen LogP contribution in [0.1, 0.15) is 55.8 Å². The van der Waals surface area contributed by atoms with Crippen LogP contribution in [0.3, 0.4) is 0 Å². The van der Waals surface area contributed by atoms with Crippen molar-refractivity contribution in [1.29, 1.82) is 0 Å². The van der Waals surface area contributed by atoms with Gasteiger partial charge in [-0.1, -0.05) is 30.3 Å². The number of fused-ring (bicyclic) bond motifs is 1. The molecule has 4 aromatic rings. The average Bonchev–Trinajstić information content (AvgIpc) is 2.99. The SMILES string of the molecule is O=C(O)c1ccc(C[C@@H]2C[C@@H](OCc3ccnc4ccccc34)CCN2C(=O)c2cc(C(F)(F)F)cc(C(F)(F)F)c2)cc1. The average molecular weight is 617 g/mol. The van der Waals surface area contributed by atoms with Gasteiger partial charge in [-0.15, -0.1) is 0 Å². The quantitative estimate of drug-likeness (QED) is 0.219. The Hall–Kier alpha value is -4.45. The number of piperidine rings is 1. The van der Waals surface area contributed by atoms with E-state index in [-0.39, 0.29) is 43.7 Å². The number of carboxylic acids is 1.